The molecule has 5 aromatic rings. The van der Waals surface area contributed by atoms with Gasteiger partial charge in [0, 0.05) is 33.5 Å². The van der Waals surface area contributed by atoms with Crippen molar-refractivity contribution in [1.29, 1.82) is 0 Å². The molecular formula is C32H25FN4O3S. The van der Waals surface area contributed by atoms with Gasteiger partial charge in [0.05, 0.1) is 5.75 Å². The highest BCUT2D eigenvalue weighted by Gasteiger charge is 2.15. The number of carbonyl (C=O) groups is 3. The lowest BCUT2D eigenvalue weighted by Gasteiger charge is -2.12. The molecule has 0 atom stereocenters. The molecule has 3 amide bonds. The van der Waals surface area contributed by atoms with E-state index in [2.05, 4.69) is 20.9 Å². The molecule has 0 bridgehead atoms. The largest absolute Gasteiger partial charge is 0.361 e. The summed E-state index contributed by atoms with van der Waals surface area (Å²) < 4.78 is 13.4. The van der Waals surface area contributed by atoms with Crippen molar-refractivity contribution in [2.75, 3.05) is 16.4 Å². The van der Waals surface area contributed by atoms with Crippen molar-refractivity contribution in [3.63, 3.8) is 0 Å². The van der Waals surface area contributed by atoms with Crippen LogP contribution in [0.25, 0.3) is 17.0 Å². The van der Waals surface area contributed by atoms with Gasteiger partial charge in [-0.25, -0.2) is 4.39 Å². The number of hydrogen-bond donors (Lipinski definition) is 4. The predicted octanol–water partition coefficient (Wildman–Crippen LogP) is 6.45. The van der Waals surface area contributed by atoms with Crippen molar-refractivity contribution in [2.45, 2.75) is 4.90 Å². The summed E-state index contributed by atoms with van der Waals surface area (Å²) in [7, 11) is 0. The van der Waals surface area contributed by atoms with E-state index in [0.717, 1.165) is 15.8 Å². The van der Waals surface area contributed by atoms with Crippen molar-refractivity contribution in [3.8, 4) is 0 Å². The number of nitrogens with one attached hydrogen (secondary N) is 4. The fourth-order valence-electron chi connectivity index (χ4n) is 4.00. The molecule has 0 fully saturated rings. The normalized spacial score (nSPS) is 11.2. The first kappa shape index (κ1) is 27.4. The van der Waals surface area contributed by atoms with Gasteiger partial charge in [0.15, 0.2) is 0 Å². The molecule has 0 radical (unpaired) electrons. The lowest BCUT2D eigenvalue weighted by Crippen LogP contribution is -2.30. The maximum atomic E-state index is 13.4. The molecule has 0 aliphatic heterocycles. The minimum absolute atomic E-state index is 0.0121. The summed E-state index contributed by atoms with van der Waals surface area (Å²) in [6.07, 6.45) is 3.32. The van der Waals surface area contributed by atoms with Crippen LogP contribution in [0.5, 0.6) is 0 Å². The van der Waals surface area contributed by atoms with Crippen molar-refractivity contribution in [2.24, 2.45) is 0 Å². The third kappa shape index (κ3) is 7.49. The van der Waals surface area contributed by atoms with E-state index in [1.54, 1.807) is 48.5 Å². The molecule has 0 spiro atoms. The van der Waals surface area contributed by atoms with Crippen LogP contribution in [0.4, 0.5) is 15.8 Å². The average Bonchev–Trinajstić information content (AvgIpc) is 3.45. The van der Waals surface area contributed by atoms with E-state index >= 15 is 0 Å². The van der Waals surface area contributed by atoms with E-state index in [1.165, 1.54) is 42.1 Å². The summed E-state index contributed by atoms with van der Waals surface area (Å²) in [6.45, 7) is 0. The second kappa shape index (κ2) is 12.8. The fraction of sp³-hybridized carbons (Fsp3) is 0.0312. The smallest absolute Gasteiger partial charge is 0.272 e. The summed E-state index contributed by atoms with van der Waals surface area (Å²) in [4.78, 5) is 42.5. The highest BCUT2D eigenvalue weighted by atomic mass is 32.2. The Balaban J connectivity index is 1.25. The number of aromatic nitrogens is 1. The van der Waals surface area contributed by atoms with Crippen LogP contribution in [-0.2, 0) is 9.59 Å². The molecule has 5 rings (SSSR count). The molecule has 0 aliphatic rings. The number of hydrogen-bond acceptors (Lipinski definition) is 4. The number of thioether (sulfide) groups is 1. The van der Waals surface area contributed by atoms with Gasteiger partial charge in [-0.3, -0.25) is 14.4 Å². The van der Waals surface area contributed by atoms with Gasteiger partial charge in [-0.1, -0.05) is 42.5 Å². The van der Waals surface area contributed by atoms with E-state index in [9.17, 15) is 18.8 Å². The van der Waals surface area contributed by atoms with E-state index in [0.29, 0.717) is 22.5 Å². The first-order chi connectivity index (χ1) is 19.9. The van der Waals surface area contributed by atoms with Gasteiger partial charge in [0.1, 0.15) is 11.5 Å². The molecule has 41 heavy (non-hydrogen) atoms. The van der Waals surface area contributed by atoms with Crippen LogP contribution in [0.1, 0.15) is 15.9 Å². The van der Waals surface area contributed by atoms with Crippen LogP contribution in [0.15, 0.2) is 120 Å². The lowest BCUT2D eigenvalue weighted by molar-refractivity contribution is -0.114. The molecule has 4 aromatic carbocycles. The highest BCUT2D eigenvalue weighted by molar-refractivity contribution is 8.00. The Hall–Kier alpha value is -5.15. The van der Waals surface area contributed by atoms with E-state index < -0.39 is 17.6 Å². The maximum absolute atomic E-state index is 13.4. The van der Waals surface area contributed by atoms with Crippen LogP contribution in [0, 0.1) is 5.82 Å². The van der Waals surface area contributed by atoms with Crippen LogP contribution in [0.3, 0.4) is 0 Å². The van der Waals surface area contributed by atoms with Gasteiger partial charge in [0.2, 0.25) is 5.91 Å². The van der Waals surface area contributed by atoms with E-state index in [-0.39, 0.29) is 17.4 Å². The number of carbonyl (C=O) groups excluding carboxylic acids is 3. The molecule has 0 unspecified atom stereocenters. The van der Waals surface area contributed by atoms with Crippen molar-refractivity contribution >= 4 is 57.8 Å². The number of H-pyrrole nitrogens is 1. The molecule has 9 heteroatoms. The van der Waals surface area contributed by atoms with Gasteiger partial charge >= 0.3 is 0 Å². The number of anilines is 2. The quantitative estimate of drug-likeness (QED) is 0.122. The number of rotatable bonds is 9. The van der Waals surface area contributed by atoms with Crippen molar-refractivity contribution in [1.82, 2.24) is 10.3 Å². The zero-order chi connectivity index (χ0) is 28.6. The summed E-state index contributed by atoms with van der Waals surface area (Å²) in [5.74, 6) is -1.42. The zero-order valence-corrected chi connectivity index (χ0v) is 22.5. The molecule has 1 aromatic heterocycles. The maximum Gasteiger partial charge on any atom is 0.272 e. The van der Waals surface area contributed by atoms with Gasteiger partial charge < -0.3 is 20.9 Å². The summed E-state index contributed by atoms with van der Waals surface area (Å²) >= 11 is 1.32. The Kier molecular flexibility index (Phi) is 8.56. The number of benzene rings is 4. The monoisotopic (exact) mass is 564 g/mol. The third-order valence-electron chi connectivity index (χ3n) is 6.01. The van der Waals surface area contributed by atoms with Crippen LogP contribution >= 0.6 is 11.8 Å². The van der Waals surface area contributed by atoms with Gasteiger partial charge in [-0.05, 0) is 77.7 Å². The minimum atomic E-state index is -0.557. The Morgan fingerprint density at radius 2 is 1.59 bits per heavy atom. The summed E-state index contributed by atoms with van der Waals surface area (Å²) in [5, 5.41) is 9.41. The average molecular weight is 565 g/mol. The minimum Gasteiger partial charge on any atom is -0.361 e. The molecule has 4 N–H and O–H groups in total. The molecule has 1 heterocycles. The van der Waals surface area contributed by atoms with Gasteiger partial charge in [-0.2, -0.15) is 0 Å². The second-order valence-electron chi connectivity index (χ2n) is 9.03. The van der Waals surface area contributed by atoms with Gasteiger partial charge in [-0.15, -0.1) is 11.8 Å². The number of aromatic amines is 1. The standard InChI is InChI=1S/C32H25FN4O3S/c33-24-12-9-21(10-13-24)17-29(37-31(39)23-5-2-1-3-6-23)32(40)36-25-7-4-8-27(18-25)41-20-30(38)35-26-14-11-22-15-16-34-28(22)19-26/h1-19,34H,20H2,(H,35,38)(H,36,40)(H,37,39)/b29-17-. The van der Waals surface area contributed by atoms with E-state index in [1.807, 2.05) is 36.5 Å². The first-order valence-corrected chi connectivity index (χ1v) is 13.7. The summed E-state index contributed by atoms with van der Waals surface area (Å²) in [5.41, 5.74) is 3.03. The van der Waals surface area contributed by atoms with Crippen molar-refractivity contribution < 1.29 is 18.8 Å². The number of fused-ring (bicyclic) bond motifs is 1. The SMILES string of the molecule is O=C(CSc1cccc(NC(=O)/C(=C/c2ccc(F)cc2)NC(=O)c2ccccc2)c1)Nc1ccc2cc[nH]c2c1. The zero-order valence-electron chi connectivity index (χ0n) is 21.7. The number of amides is 3. The summed E-state index contributed by atoms with van der Waals surface area (Å²) in [6, 6.07) is 28.8. The Morgan fingerprint density at radius 1 is 0.805 bits per heavy atom. The Labute approximate surface area is 239 Å². The first-order valence-electron chi connectivity index (χ1n) is 12.7. The van der Waals surface area contributed by atoms with Gasteiger partial charge in [0.25, 0.3) is 11.8 Å². The van der Waals surface area contributed by atoms with Crippen LogP contribution in [0.2, 0.25) is 0 Å². The molecule has 0 aliphatic carbocycles. The van der Waals surface area contributed by atoms with Crippen LogP contribution < -0.4 is 16.0 Å². The highest BCUT2D eigenvalue weighted by Crippen LogP contribution is 2.23. The molecule has 204 valence electrons. The fourth-order valence-corrected chi connectivity index (χ4v) is 4.76. The predicted molar refractivity (Wildman–Crippen MR) is 161 cm³/mol. The topological polar surface area (TPSA) is 103 Å². The Morgan fingerprint density at radius 3 is 2.39 bits per heavy atom. The molecule has 0 saturated carbocycles. The second-order valence-corrected chi connectivity index (χ2v) is 10.1. The Bertz CT molecular complexity index is 1730. The van der Waals surface area contributed by atoms with E-state index in [4.69, 9.17) is 0 Å². The third-order valence-corrected chi connectivity index (χ3v) is 7.00. The lowest BCUT2D eigenvalue weighted by atomic mass is 10.1. The molecular weight excluding hydrogens is 539 g/mol. The van der Waals surface area contributed by atoms with Crippen LogP contribution in [-0.4, -0.2) is 28.5 Å². The molecule has 7 nitrogen and oxygen atoms in total. The number of halogens is 1. The van der Waals surface area contributed by atoms with Crippen molar-refractivity contribution in [3.05, 3.63) is 132 Å². The molecule has 0 saturated heterocycles.